The number of pyridine rings is 1. The van der Waals surface area contributed by atoms with E-state index in [9.17, 15) is 5.11 Å². The van der Waals surface area contributed by atoms with Crippen molar-refractivity contribution in [2.75, 3.05) is 0 Å². The molecule has 2 heteroatoms. The summed E-state index contributed by atoms with van der Waals surface area (Å²) in [7, 11) is 0. The van der Waals surface area contributed by atoms with E-state index < -0.39 is 6.10 Å². The van der Waals surface area contributed by atoms with Gasteiger partial charge in [0.2, 0.25) is 0 Å². The summed E-state index contributed by atoms with van der Waals surface area (Å²) in [6.45, 7) is 0. The SMILES string of the molecule is OC(c1cccc2ccncc12)C1Cc2ccccc21. The number of nitrogens with zero attached hydrogens (tertiary/aromatic N) is 1. The highest BCUT2D eigenvalue weighted by molar-refractivity contribution is 5.85. The van der Waals surface area contributed by atoms with E-state index in [1.807, 2.05) is 30.5 Å². The van der Waals surface area contributed by atoms with Gasteiger partial charge in [-0.05, 0) is 34.6 Å². The van der Waals surface area contributed by atoms with Crippen LogP contribution in [0, 0.1) is 0 Å². The molecule has 0 radical (unpaired) electrons. The van der Waals surface area contributed by atoms with Crippen LogP contribution in [-0.2, 0) is 6.42 Å². The fourth-order valence-corrected chi connectivity index (χ4v) is 3.19. The average molecular weight is 261 g/mol. The monoisotopic (exact) mass is 261 g/mol. The van der Waals surface area contributed by atoms with Gasteiger partial charge in [0.15, 0.2) is 0 Å². The summed E-state index contributed by atoms with van der Waals surface area (Å²) in [6, 6.07) is 16.4. The van der Waals surface area contributed by atoms with E-state index in [4.69, 9.17) is 0 Å². The summed E-state index contributed by atoms with van der Waals surface area (Å²) in [5.74, 6) is 0.206. The van der Waals surface area contributed by atoms with Gasteiger partial charge in [0.25, 0.3) is 0 Å². The number of fused-ring (bicyclic) bond motifs is 2. The number of aliphatic hydroxyl groups excluding tert-OH is 1. The number of hydrogen-bond acceptors (Lipinski definition) is 2. The van der Waals surface area contributed by atoms with Crippen LogP contribution in [-0.4, -0.2) is 10.1 Å². The first-order valence-corrected chi connectivity index (χ1v) is 6.93. The summed E-state index contributed by atoms with van der Waals surface area (Å²) in [5.41, 5.74) is 3.62. The smallest absolute Gasteiger partial charge is 0.0868 e. The Morgan fingerprint density at radius 3 is 2.85 bits per heavy atom. The van der Waals surface area contributed by atoms with Crippen LogP contribution >= 0.6 is 0 Å². The Bertz CT molecular complexity index is 776. The largest absolute Gasteiger partial charge is 0.388 e. The Morgan fingerprint density at radius 2 is 1.95 bits per heavy atom. The normalized spacial score (nSPS) is 18.4. The highest BCUT2D eigenvalue weighted by Gasteiger charge is 2.33. The van der Waals surface area contributed by atoms with E-state index in [0.29, 0.717) is 0 Å². The highest BCUT2D eigenvalue weighted by Crippen LogP contribution is 2.44. The van der Waals surface area contributed by atoms with Crippen molar-refractivity contribution in [3.8, 4) is 0 Å². The first-order chi connectivity index (χ1) is 9.84. The Hall–Kier alpha value is -2.19. The molecule has 1 heterocycles. The second kappa shape index (κ2) is 4.43. The molecule has 0 spiro atoms. The van der Waals surface area contributed by atoms with Gasteiger partial charge in [0, 0.05) is 23.7 Å². The fourth-order valence-electron chi connectivity index (χ4n) is 3.19. The summed E-state index contributed by atoms with van der Waals surface area (Å²) in [4.78, 5) is 4.19. The molecule has 1 aliphatic carbocycles. The van der Waals surface area contributed by atoms with E-state index in [1.54, 1.807) is 6.20 Å². The lowest BCUT2D eigenvalue weighted by Crippen LogP contribution is -2.23. The predicted octanol–water partition coefficient (Wildman–Crippen LogP) is 3.61. The summed E-state index contributed by atoms with van der Waals surface area (Å²) >= 11 is 0. The molecule has 2 nitrogen and oxygen atoms in total. The van der Waals surface area contributed by atoms with Gasteiger partial charge in [-0.1, -0.05) is 42.5 Å². The highest BCUT2D eigenvalue weighted by atomic mass is 16.3. The lowest BCUT2D eigenvalue weighted by atomic mass is 9.72. The second-order valence-corrected chi connectivity index (χ2v) is 5.40. The topological polar surface area (TPSA) is 33.1 Å². The van der Waals surface area contributed by atoms with Crippen molar-refractivity contribution in [3.63, 3.8) is 0 Å². The van der Waals surface area contributed by atoms with E-state index >= 15 is 0 Å². The lowest BCUT2D eigenvalue weighted by molar-refractivity contribution is 0.136. The second-order valence-electron chi connectivity index (χ2n) is 5.40. The molecule has 98 valence electrons. The summed E-state index contributed by atoms with van der Waals surface area (Å²) in [6.07, 6.45) is 4.13. The van der Waals surface area contributed by atoms with E-state index in [1.165, 1.54) is 11.1 Å². The minimum atomic E-state index is -0.460. The molecule has 20 heavy (non-hydrogen) atoms. The predicted molar refractivity (Wildman–Crippen MR) is 79.6 cm³/mol. The molecule has 0 saturated heterocycles. The van der Waals surface area contributed by atoms with Crippen molar-refractivity contribution < 1.29 is 5.11 Å². The molecule has 1 N–H and O–H groups in total. The van der Waals surface area contributed by atoms with Crippen molar-refractivity contribution in [1.82, 2.24) is 4.98 Å². The third kappa shape index (κ3) is 1.65. The van der Waals surface area contributed by atoms with Crippen LogP contribution in [0.2, 0.25) is 0 Å². The molecule has 0 bridgehead atoms. The van der Waals surface area contributed by atoms with Crippen LogP contribution < -0.4 is 0 Å². The molecule has 0 amide bonds. The van der Waals surface area contributed by atoms with Gasteiger partial charge >= 0.3 is 0 Å². The van der Waals surface area contributed by atoms with Crippen molar-refractivity contribution in [1.29, 1.82) is 0 Å². The zero-order valence-electron chi connectivity index (χ0n) is 11.0. The molecule has 0 saturated carbocycles. The lowest BCUT2D eigenvalue weighted by Gasteiger charge is -2.34. The molecule has 2 unspecified atom stereocenters. The Labute approximate surface area is 117 Å². The Morgan fingerprint density at radius 1 is 1.05 bits per heavy atom. The average Bonchev–Trinajstić information content (AvgIpc) is 2.48. The third-order valence-electron chi connectivity index (χ3n) is 4.31. The molecule has 4 rings (SSSR count). The van der Waals surface area contributed by atoms with Gasteiger partial charge < -0.3 is 5.11 Å². The van der Waals surface area contributed by atoms with Gasteiger partial charge in [-0.3, -0.25) is 4.98 Å². The maximum atomic E-state index is 10.8. The molecule has 0 fully saturated rings. The third-order valence-corrected chi connectivity index (χ3v) is 4.31. The first kappa shape index (κ1) is 11.6. The Kier molecular flexibility index (Phi) is 2.57. The van der Waals surface area contributed by atoms with Crippen LogP contribution in [0.25, 0.3) is 10.8 Å². The fraction of sp³-hybridized carbons (Fsp3) is 0.167. The van der Waals surface area contributed by atoms with Crippen molar-refractivity contribution >= 4 is 10.8 Å². The number of benzene rings is 2. The zero-order valence-corrected chi connectivity index (χ0v) is 11.0. The summed E-state index contributed by atoms with van der Waals surface area (Å²) < 4.78 is 0. The molecular formula is C18H15NO. The Balaban J connectivity index is 1.77. The van der Waals surface area contributed by atoms with Crippen molar-refractivity contribution in [2.45, 2.75) is 18.4 Å². The van der Waals surface area contributed by atoms with Gasteiger partial charge in [0.1, 0.15) is 0 Å². The van der Waals surface area contributed by atoms with Gasteiger partial charge in [-0.2, -0.15) is 0 Å². The van der Waals surface area contributed by atoms with Gasteiger partial charge in [0.05, 0.1) is 6.10 Å². The zero-order chi connectivity index (χ0) is 13.5. The van der Waals surface area contributed by atoms with E-state index in [2.05, 4.69) is 29.2 Å². The molecule has 1 aliphatic rings. The van der Waals surface area contributed by atoms with Crippen LogP contribution in [0.15, 0.2) is 60.9 Å². The van der Waals surface area contributed by atoms with Gasteiger partial charge in [-0.15, -0.1) is 0 Å². The molecular weight excluding hydrogens is 246 g/mol. The van der Waals surface area contributed by atoms with Gasteiger partial charge in [-0.25, -0.2) is 0 Å². The number of aliphatic hydroxyl groups is 1. The van der Waals surface area contributed by atoms with E-state index in [0.717, 1.165) is 22.8 Å². The maximum absolute atomic E-state index is 10.8. The van der Waals surface area contributed by atoms with Crippen LogP contribution in [0.1, 0.15) is 28.7 Å². The number of rotatable bonds is 2. The minimum absolute atomic E-state index is 0.206. The van der Waals surface area contributed by atoms with Crippen LogP contribution in [0.4, 0.5) is 0 Å². The standard InChI is InChI=1S/C18H15NO/c20-18(16-10-13-4-1-2-6-14(13)16)15-7-3-5-12-8-9-19-11-17(12)15/h1-9,11,16,18,20H,10H2. The quantitative estimate of drug-likeness (QED) is 0.764. The summed E-state index contributed by atoms with van der Waals surface area (Å²) in [5, 5.41) is 12.9. The van der Waals surface area contributed by atoms with Crippen LogP contribution in [0.5, 0.6) is 0 Å². The minimum Gasteiger partial charge on any atom is -0.388 e. The number of hydrogen-bond donors (Lipinski definition) is 1. The molecule has 1 aromatic heterocycles. The molecule has 3 aromatic rings. The maximum Gasteiger partial charge on any atom is 0.0868 e. The molecule has 2 aromatic carbocycles. The number of aromatic nitrogens is 1. The van der Waals surface area contributed by atoms with Crippen molar-refractivity contribution in [2.24, 2.45) is 0 Å². The first-order valence-electron chi connectivity index (χ1n) is 6.93. The van der Waals surface area contributed by atoms with Crippen molar-refractivity contribution in [3.05, 3.63) is 77.6 Å². The molecule has 2 atom stereocenters. The van der Waals surface area contributed by atoms with Crippen LogP contribution in [0.3, 0.4) is 0 Å². The molecule has 0 aliphatic heterocycles. The van der Waals surface area contributed by atoms with E-state index in [-0.39, 0.29) is 5.92 Å².